The Balaban J connectivity index is 1.16. The van der Waals surface area contributed by atoms with Gasteiger partial charge in [0.1, 0.15) is 0 Å². The predicted octanol–water partition coefficient (Wildman–Crippen LogP) is 12.2. The molecule has 0 saturated carbocycles. The van der Waals surface area contributed by atoms with Crippen molar-refractivity contribution in [2.75, 3.05) is 0 Å². The highest BCUT2D eigenvalue weighted by atomic mass is 14.4. The molecule has 0 fully saturated rings. The summed E-state index contributed by atoms with van der Waals surface area (Å²) in [4.78, 5) is 0. The van der Waals surface area contributed by atoms with Crippen molar-refractivity contribution in [2.24, 2.45) is 0 Å². The fourth-order valence-electron chi connectivity index (χ4n) is 8.23. The van der Waals surface area contributed by atoms with Gasteiger partial charge >= 0.3 is 0 Å². The topological polar surface area (TPSA) is 0 Å². The van der Waals surface area contributed by atoms with Gasteiger partial charge in [0, 0.05) is 16.7 Å². The van der Waals surface area contributed by atoms with Crippen LogP contribution in [0.25, 0.3) is 44.5 Å². The second-order valence-corrected chi connectivity index (χ2v) is 14.1. The molecule has 8 rings (SSSR count). The molecule has 0 N–H and O–H groups in total. The van der Waals surface area contributed by atoms with Crippen molar-refractivity contribution in [3.63, 3.8) is 0 Å². The lowest BCUT2D eigenvalue weighted by molar-refractivity contribution is 0.653. The van der Waals surface area contributed by atoms with Crippen LogP contribution in [0.3, 0.4) is 0 Å². The largest absolute Gasteiger partial charge is 0.0645 e. The summed E-state index contributed by atoms with van der Waals surface area (Å²) in [6.45, 7) is 11.9. The summed E-state index contributed by atoms with van der Waals surface area (Å²) < 4.78 is 0. The van der Waals surface area contributed by atoms with E-state index >= 15 is 0 Å². The molecule has 6 aromatic rings. The van der Waals surface area contributed by atoms with Crippen LogP contribution >= 0.6 is 0 Å². The summed E-state index contributed by atoms with van der Waals surface area (Å²) in [7, 11) is 0. The third-order valence-corrected chi connectivity index (χ3v) is 10.8. The molecule has 0 amide bonds. The van der Waals surface area contributed by atoms with Gasteiger partial charge in [-0.25, -0.2) is 0 Å². The molecular formula is C45H40. The number of hydrogen-bond donors (Lipinski definition) is 0. The standard InChI is InChI=1S/C45H40/c1-6-35(33-19-23-38-36-21-17-31(29-13-9-7-10-14-29)25-40(36)44(2,3)42(38)27-33)34-20-24-39-37-22-18-32(30-15-11-8-12-16-30)26-41(37)45(4,5)43(39)28-34/h7-28,35H,6H2,1-5H3. The van der Waals surface area contributed by atoms with Gasteiger partial charge in [0.15, 0.2) is 0 Å². The maximum atomic E-state index is 2.52. The van der Waals surface area contributed by atoms with Gasteiger partial charge in [-0.3, -0.25) is 0 Å². The number of fused-ring (bicyclic) bond motifs is 6. The van der Waals surface area contributed by atoms with Crippen molar-refractivity contribution in [3.05, 3.63) is 167 Å². The highest BCUT2D eigenvalue weighted by molar-refractivity contribution is 5.85. The SMILES string of the molecule is CCC(c1ccc2c(c1)C(C)(C)c1cc(-c3ccccc3)ccc1-2)c1ccc2c(c1)C(C)(C)c1cc(-c3ccccc3)ccc1-2. The monoisotopic (exact) mass is 580 g/mol. The maximum Gasteiger partial charge on any atom is 0.0159 e. The van der Waals surface area contributed by atoms with Crippen LogP contribution in [0.4, 0.5) is 0 Å². The molecule has 0 saturated heterocycles. The molecule has 0 spiro atoms. The average molecular weight is 581 g/mol. The van der Waals surface area contributed by atoms with Crippen molar-refractivity contribution in [2.45, 2.75) is 57.8 Å². The summed E-state index contributed by atoms with van der Waals surface area (Å²) in [6, 6.07) is 50.2. The molecule has 0 aromatic heterocycles. The van der Waals surface area contributed by atoms with Gasteiger partial charge in [0.2, 0.25) is 0 Å². The van der Waals surface area contributed by atoms with E-state index in [0.717, 1.165) is 6.42 Å². The lowest BCUT2D eigenvalue weighted by Crippen LogP contribution is -2.16. The zero-order valence-corrected chi connectivity index (χ0v) is 27.0. The summed E-state index contributed by atoms with van der Waals surface area (Å²) in [5.74, 6) is 0.347. The van der Waals surface area contributed by atoms with E-state index in [-0.39, 0.29) is 10.8 Å². The van der Waals surface area contributed by atoms with E-state index in [2.05, 4.69) is 168 Å². The smallest absolute Gasteiger partial charge is 0.0159 e. The van der Waals surface area contributed by atoms with Crippen LogP contribution in [0.1, 0.15) is 80.3 Å². The summed E-state index contributed by atoms with van der Waals surface area (Å²) >= 11 is 0. The van der Waals surface area contributed by atoms with E-state index in [1.54, 1.807) is 0 Å². The number of benzene rings is 6. The second kappa shape index (κ2) is 10.2. The van der Waals surface area contributed by atoms with Gasteiger partial charge in [-0.15, -0.1) is 0 Å². The fraction of sp³-hybridized carbons (Fsp3) is 0.200. The van der Waals surface area contributed by atoms with Crippen molar-refractivity contribution >= 4 is 0 Å². The summed E-state index contributed by atoms with van der Waals surface area (Å²) in [5, 5.41) is 0. The Morgan fingerprint density at radius 1 is 0.400 bits per heavy atom. The molecule has 6 aromatic carbocycles. The summed E-state index contributed by atoms with van der Waals surface area (Å²) in [5.41, 5.74) is 19.1. The van der Waals surface area contributed by atoms with Gasteiger partial charge in [-0.05, 0) is 96.4 Å². The fourth-order valence-corrected chi connectivity index (χ4v) is 8.23. The molecule has 2 aliphatic carbocycles. The second-order valence-electron chi connectivity index (χ2n) is 14.1. The number of rotatable bonds is 5. The Labute approximate surface area is 268 Å². The van der Waals surface area contributed by atoms with E-state index in [1.807, 2.05) is 0 Å². The van der Waals surface area contributed by atoms with Crippen LogP contribution in [0.2, 0.25) is 0 Å². The van der Waals surface area contributed by atoms with E-state index in [0.29, 0.717) is 5.92 Å². The lowest BCUT2D eigenvalue weighted by Gasteiger charge is -2.26. The van der Waals surface area contributed by atoms with Crippen LogP contribution in [0.5, 0.6) is 0 Å². The van der Waals surface area contributed by atoms with E-state index < -0.39 is 0 Å². The third-order valence-electron chi connectivity index (χ3n) is 10.8. The first kappa shape index (κ1) is 27.8. The molecule has 2 aliphatic rings. The molecule has 0 heterocycles. The lowest BCUT2D eigenvalue weighted by atomic mass is 9.78. The molecular weight excluding hydrogens is 540 g/mol. The van der Waals surface area contributed by atoms with Gasteiger partial charge in [0.25, 0.3) is 0 Å². The highest BCUT2D eigenvalue weighted by Crippen LogP contribution is 2.53. The molecule has 0 radical (unpaired) electrons. The molecule has 0 atom stereocenters. The van der Waals surface area contributed by atoms with Gasteiger partial charge < -0.3 is 0 Å². The first-order valence-electron chi connectivity index (χ1n) is 16.5. The van der Waals surface area contributed by atoms with Crippen molar-refractivity contribution < 1.29 is 0 Å². The average Bonchev–Trinajstić information content (AvgIpc) is 3.44. The minimum atomic E-state index is -0.0538. The Morgan fingerprint density at radius 3 is 1.13 bits per heavy atom. The molecule has 220 valence electrons. The molecule has 0 bridgehead atoms. The maximum absolute atomic E-state index is 2.52. The molecule has 0 aliphatic heterocycles. The minimum Gasteiger partial charge on any atom is -0.0645 e. The van der Waals surface area contributed by atoms with Crippen LogP contribution in [0.15, 0.2) is 133 Å². The van der Waals surface area contributed by atoms with Gasteiger partial charge in [0.05, 0.1) is 0 Å². The zero-order valence-electron chi connectivity index (χ0n) is 27.0. The highest BCUT2D eigenvalue weighted by Gasteiger charge is 2.38. The normalized spacial score (nSPS) is 15.0. The number of hydrogen-bond acceptors (Lipinski definition) is 0. The Bertz CT molecular complexity index is 1920. The molecule has 45 heavy (non-hydrogen) atoms. The van der Waals surface area contributed by atoms with Crippen LogP contribution in [-0.2, 0) is 10.8 Å². The van der Waals surface area contributed by atoms with Crippen LogP contribution in [0, 0.1) is 0 Å². The predicted molar refractivity (Wildman–Crippen MR) is 191 cm³/mol. The van der Waals surface area contributed by atoms with Crippen molar-refractivity contribution in [3.8, 4) is 44.5 Å². The summed E-state index contributed by atoms with van der Waals surface area (Å²) in [6.07, 6.45) is 1.06. The molecule has 0 unspecified atom stereocenters. The third kappa shape index (κ3) is 4.26. The minimum absolute atomic E-state index is 0.0538. The zero-order chi connectivity index (χ0) is 30.9. The molecule has 0 heteroatoms. The van der Waals surface area contributed by atoms with Crippen LogP contribution in [-0.4, -0.2) is 0 Å². The van der Waals surface area contributed by atoms with E-state index in [4.69, 9.17) is 0 Å². The molecule has 0 nitrogen and oxygen atoms in total. The first-order chi connectivity index (χ1) is 21.8. The van der Waals surface area contributed by atoms with Gasteiger partial charge in [-0.1, -0.05) is 156 Å². The van der Waals surface area contributed by atoms with E-state index in [1.165, 1.54) is 77.9 Å². The quantitative estimate of drug-likeness (QED) is 0.190. The Kier molecular flexibility index (Phi) is 6.30. The van der Waals surface area contributed by atoms with Crippen molar-refractivity contribution in [1.29, 1.82) is 0 Å². The Morgan fingerprint density at radius 2 is 0.756 bits per heavy atom. The first-order valence-corrected chi connectivity index (χ1v) is 16.5. The van der Waals surface area contributed by atoms with Gasteiger partial charge in [-0.2, -0.15) is 0 Å². The van der Waals surface area contributed by atoms with Crippen molar-refractivity contribution in [1.82, 2.24) is 0 Å². The Hall–Kier alpha value is -4.68. The van der Waals surface area contributed by atoms with E-state index in [9.17, 15) is 0 Å². The van der Waals surface area contributed by atoms with Crippen LogP contribution < -0.4 is 0 Å².